The summed E-state index contributed by atoms with van der Waals surface area (Å²) in [7, 11) is -3.64. The molecule has 1 aromatic carbocycles. The van der Waals surface area contributed by atoms with E-state index in [1.54, 1.807) is 29.6 Å². The fourth-order valence-electron chi connectivity index (χ4n) is 2.20. The molecule has 2 rings (SSSR count). The number of rotatable bonds is 8. The van der Waals surface area contributed by atoms with Crippen LogP contribution in [-0.4, -0.2) is 26.4 Å². The van der Waals surface area contributed by atoms with E-state index >= 15 is 0 Å². The minimum atomic E-state index is -3.64. The molecular formula is C17H24ClN3O3S2. The Morgan fingerprint density at radius 1 is 1.19 bits per heavy atom. The number of carbonyl (C=O) groups is 1. The molecule has 1 amide bonds. The average Bonchev–Trinajstić information content (AvgIpc) is 3.15. The molecule has 0 fully saturated rings. The molecule has 144 valence electrons. The zero-order chi connectivity index (χ0) is 18.5. The second-order valence-electron chi connectivity index (χ2n) is 5.87. The zero-order valence-electron chi connectivity index (χ0n) is 14.7. The maximum atomic E-state index is 12.3. The van der Waals surface area contributed by atoms with Gasteiger partial charge in [0.15, 0.2) is 0 Å². The molecule has 0 aliphatic rings. The summed E-state index contributed by atoms with van der Waals surface area (Å²) >= 11 is 1.13. The highest BCUT2D eigenvalue weighted by Crippen LogP contribution is 2.21. The third-order valence-electron chi connectivity index (χ3n) is 4.15. The van der Waals surface area contributed by atoms with Crippen molar-refractivity contribution in [1.82, 2.24) is 5.32 Å². The van der Waals surface area contributed by atoms with Gasteiger partial charge in [0.25, 0.3) is 15.9 Å². The van der Waals surface area contributed by atoms with Crippen LogP contribution in [0, 0.1) is 0 Å². The Kier molecular flexibility index (Phi) is 8.08. The van der Waals surface area contributed by atoms with Crippen molar-refractivity contribution in [2.45, 2.75) is 36.4 Å². The number of nitrogens with one attached hydrogen (secondary N) is 2. The first-order valence-electron chi connectivity index (χ1n) is 8.03. The van der Waals surface area contributed by atoms with Crippen molar-refractivity contribution in [3.05, 3.63) is 47.3 Å². The molecular weight excluding hydrogens is 394 g/mol. The van der Waals surface area contributed by atoms with Crippen molar-refractivity contribution in [3.8, 4) is 0 Å². The predicted molar refractivity (Wildman–Crippen MR) is 109 cm³/mol. The van der Waals surface area contributed by atoms with Gasteiger partial charge >= 0.3 is 0 Å². The molecule has 1 heterocycles. The highest BCUT2D eigenvalue weighted by Gasteiger charge is 2.21. The lowest BCUT2D eigenvalue weighted by molar-refractivity contribution is 0.0942. The maximum absolute atomic E-state index is 12.3. The van der Waals surface area contributed by atoms with Gasteiger partial charge < -0.3 is 11.1 Å². The van der Waals surface area contributed by atoms with Gasteiger partial charge in [0, 0.05) is 23.3 Å². The van der Waals surface area contributed by atoms with Crippen molar-refractivity contribution in [3.63, 3.8) is 0 Å². The first-order chi connectivity index (χ1) is 11.8. The Bertz CT molecular complexity index is 820. The Balaban J connectivity index is 0.00000338. The third kappa shape index (κ3) is 5.70. The molecule has 2 aromatic rings. The number of amides is 1. The van der Waals surface area contributed by atoms with Gasteiger partial charge in [-0.3, -0.25) is 9.52 Å². The van der Waals surface area contributed by atoms with Gasteiger partial charge in [-0.05, 0) is 42.5 Å². The summed E-state index contributed by atoms with van der Waals surface area (Å²) < 4.78 is 27.2. The van der Waals surface area contributed by atoms with E-state index in [1.807, 2.05) is 13.8 Å². The molecule has 0 unspecified atom stereocenters. The molecule has 4 N–H and O–H groups in total. The molecule has 0 saturated heterocycles. The Labute approximate surface area is 164 Å². The van der Waals surface area contributed by atoms with Crippen LogP contribution in [0.25, 0.3) is 0 Å². The van der Waals surface area contributed by atoms with E-state index in [-0.39, 0.29) is 22.5 Å². The van der Waals surface area contributed by atoms with Crippen LogP contribution in [-0.2, 0) is 10.0 Å². The van der Waals surface area contributed by atoms with Gasteiger partial charge in [-0.1, -0.05) is 26.0 Å². The maximum Gasteiger partial charge on any atom is 0.271 e. The van der Waals surface area contributed by atoms with Crippen molar-refractivity contribution >= 4 is 45.4 Å². The Morgan fingerprint density at radius 2 is 1.88 bits per heavy atom. The Morgan fingerprint density at radius 3 is 2.46 bits per heavy atom. The van der Waals surface area contributed by atoms with Crippen molar-refractivity contribution in [1.29, 1.82) is 0 Å². The van der Waals surface area contributed by atoms with E-state index in [0.717, 1.165) is 24.2 Å². The van der Waals surface area contributed by atoms with Gasteiger partial charge in [0.2, 0.25) is 0 Å². The highest BCUT2D eigenvalue weighted by molar-refractivity contribution is 7.94. The van der Waals surface area contributed by atoms with Gasteiger partial charge in [-0.25, -0.2) is 8.42 Å². The van der Waals surface area contributed by atoms with Crippen LogP contribution in [0.5, 0.6) is 0 Å². The minimum Gasteiger partial charge on any atom is -0.350 e. The van der Waals surface area contributed by atoms with Crippen molar-refractivity contribution < 1.29 is 13.2 Å². The van der Waals surface area contributed by atoms with Crippen LogP contribution < -0.4 is 15.8 Å². The summed E-state index contributed by atoms with van der Waals surface area (Å²) in [6, 6.07) is 9.58. The van der Waals surface area contributed by atoms with E-state index in [9.17, 15) is 13.2 Å². The standard InChI is InChI=1S/C17H23N3O3S2.ClH/c1-3-17(18,4-2)12-19-16(21)13-7-5-8-14(11-13)20-25(22,23)15-9-6-10-24-15;/h5-11,20H,3-4,12,18H2,1-2H3,(H,19,21);1H. The van der Waals surface area contributed by atoms with E-state index in [1.165, 1.54) is 12.1 Å². The number of sulfonamides is 1. The molecule has 0 bridgehead atoms. The average molecular weight is 418 g/mol. The largest absolute Gasteiger partial charge is 0.350 e. The number of hydrogen-bond donors (Lipinski definition) is 3. The molecule has 0 aliphatic carbocycles. The van der Waals surface area contributed by atoms with Crippen LogP contribution in [0.1, 0.15) is 37.0 Å². The first-order valence-corrected chi connectivity index (χ1v) is 10.4. The second kappa shape index (κ2) is 9.36. The quantitative estimate of drug-likeness (QED) is 0.613. The second-order valence-corrected chi connectivity index (χ2v) is 8.73. The van der Waals surface area contributed by atoms with Crippen molar-refractivity contribution in [2.75, 3.05) is 11.3 Å². The molecule has 0 radical (unpaired) electrons. The smallest absolute Gasteiger partial charge is 0.271 e. The number of halogens is 1. The fourth-order valence-corrected chi connectivity index (χ4v) is 4.25. The summed E-state index contributed by atoms with van der Waals surface area (Å²) in [5.41, 5.74) is 6.46. The van der Waals surface area contributed by atoms with E-state index in [4.69, 9.17) is 5.73 Å². The number of carbonyl (C=O) groups excluding carboxylic acids is 1. The lowest BCUT2D eigenvalue weighted by Crippen LogP contribution is -2.49. The van der Waals surface area contributed by atoms with Crippen LogP contribution in [0.4, 0.5) is 5.69 Å². The van der Waals surface area contributed by atoms with E-state index < -0.39 is 15.6 Å². The number of hydrogen-bond acceptors (Lipinski definition) is 5. The topological polar surface area (TPSA) is 101 Å². The van der Waals surface area contributed by atoms with Crippen LogP contribution in [0.2, 0.25) is 0 Å². The monoisotopic (exact) mass is 417 g/mol. The molecule has 6 nitrogen and oxygen atoms in total. The number of anilines is 1. The van der Waals surface area contributed by atoms with Gasteiger partial charge in [-0.2, -0.15) is 0 Å². The van der Waals surface area contributed by atoms with E-state index in [2.05, 4.69) is 10.0 Å². The third-order valence-corrected chi connectivity index (χ3v) is 6.92. The van der Waals surface area contributed by atoms with Crippen LogP contribution >= 0.6 is 23.7 Å². The first kappa shape index (κ1) is 22.4. The highest BCUT2D eigenvalue weighted by atomic mass is 35.5. The SMILES string of the molecule is CCC(N)(CC)CNC(=O)c1cccc(NS(=O)(=O)c2cccs2)c1.Cl. The number of benzene rings is 1. The summed E-state index contributed by atoms with van der Waals surface area (Å²) in [4.78, 5) is 12.3. The molecule has 0 saturated carbocycles. The summed E-state index contributed by atoms with van der Waals surface area (Å²) in [5.74, 6) is -0.283. The fraction of sp³-hybridized carbons (Fsp3) is 0.353. The lowest BCUT2D eigenvalue weighted by Gasteiger charge is -2.26. The van der Waals surface area contributed by atoms with Crippen LogP contribution in [0.3, 0.4) is 0 Å². The molecule has 0 spiro atoms. The normalized spacial score (nSPS) is 11.5. The molecule has 9 heteroatoms. The minimum absolute atomic E-state index is 0. The summed E-state index contributed by atoms with van der Waals surface area (Å²) in [6.07, 6.45) is 1.51. The molecule has 1 aromatic heterocycles. The zero-order valence-corrected chi connectivity index (χ0v) is 17.1. The molecule has 0 atom stereocenters. The van der Waals surface area contributed by atoms with Crippen molar-refractivity contribution in [2.24, 2.45) is 5.73 Å². The van der Waals surface area contributed by atoms with E-state index in [0.29, 0.717) is 17.8 Å². The summed E-state index contributed by atoms with van der Waals surface area (Å²) in [6.45, 7) is 4.33. The molecule has 0 aliphatic heterocycles. The number of thiophene rings is 1. The van der Waals surface area contributed by atoms with Gasteiger partial charge in [0.05, 0.1) is 0 Å². The predicted octanol–water partition coefficient (Wildman–Crippen LogP) is 3.22. The molecule has 26 heavy (non-hydrogen) atoms. The summed E-state index contributed by atoms with van der Waals surface area (Å²) in [5, 5.41) is 4.51. The lowest BCUT2D eigenvalue weighted by atomic mass is 9.94. The number of nitrogens with two attached hydrogens (primary N) is 1. The van der Waals surface area contributed by atoms with Gasteiger partial charge in [-0.15, -0.1) is 23.7 Å². The van der Waals surface area contributed by atoms with Gasteiger partial charge in [0.1, 0.15) is 4.21 Å². The van der Waals surface area contributed by atoms with Crippen LogP contribution in [0.15, 0.2) is 46.0 Å². The Hall–Kier alpha value is -1.61.